The second-order valence-electron chi connectivity index (χ2n) is 8.21. The molecule has 3 N–H and O–H groups in total. The lowest BCUT2D eigenvalue weighted by molar-refractivity contribution is -0.137. The Morgan fingerprint density at radius 1 is 1.06 bits per heavy atom. The summed E-state index contributed by atoms with van der Waals surface area (Å²) in [5.74, 6) is -4.98. The maximum absolute atomic E-state index is 13.4. The largest absolute Gasteiger partial charge is 0.481 e. The number of hydrogen-bond acceptors (Lipinski definition) is 4. The van der Waals surface area contributed by atoms with Crippen molar-refractivity contribution in [3.05, 3.63) is 59.7 Å². The minimum atomic E-state index is -2.91. The van der Waals surface area contributed by atoms with Crippen LogP contribution in [0.2, 0.25) is 0 Å². The van der Waals surface area contributed by atoms with Gasteiger partial charge in [0, 0.05) is 31.7 Å². The highest BCUT2D eigenvalue weighted by atomic mass is 19.3. The zero-order valence-corrected chi connectivity index (χ0v) is 18.9. The van der Waals surface area contributed by atoms with Gasteiger partial charge < -0.3 is 20.5 Å². The Labute approximate surface area is 196 Å². The molecule has 34 heavy (non-hydrogen) atoms. The molecule has 0 spiro atoms. The van der Waals surface area contributed by atoms with Gasteiger partial charge >= 0.3 is 12.1 Å². The molecule has 0 aromatic heterocycles. The number of halogens is 2. The van der Waals surface area contributed by atoms with E-state index in [0.29, 0.717) is 0 Å². The third-order valence-corrected chi connectivity index (χ3v) is 5.91. The highest BCUT2D eigenvalue weighted by Gasteiger charge is 2.30. The lowest BCUT2D eigenvalue weighted by Gasteiger charge is -2.20. The van der Waals surface area contributed by atoms with Crippen molar-refractivity contribution in [1.29, 1.82) is 0 Å². The number of benzene rings is 2. The molecule has 0 fully saturated rings. The van der Waals surface area contributed by atoms with Crippen LogP contribution in [0.3, 0.4) is 0 Å². The van der Waals surface area contributed by atoms with E-state index in [9.17, 15) is 23.2 Å². The molecule has 0 bridgehead atoms. The van der Waals surface area contributed by atoms with Crippen molar-refractivity contribution in [2.24, 2.45) is 0 Å². The molecule has 0 saturated heterocycles. The van der Waals surface area contributed by atoms with Crippen LogP contribution in [-0.4, -0.2) is 48.2 Å². The van der Waals surface area contributed by atoms with Crippen LogP contribution in [0.1, 0.15) is 49.7 Å². The molecule has 0 heterocycles. The number of rotatable bonds is 11. The van der Waals surface area contributed by atoms with E-state index in [4.69, 9.17) is 9.84 Å². The topological polar surface area (TPSA) is 105 Å². The number of ether oxygens (including phenoxy) is 1. The SMILES string of the molecule is CCC(F)(F)CCNC(=O)C(CCC(=O)O)NC(=O)OCC1c2ccccc2-c2ccccc21. The van der Waals surface area contributed by atoms with Gasteiger partial charge in [-0.3, -0.25) is 9.59 Å². The Morgan fingerprint density at radius 3 is 2.21 bits per heavy atom. The van der Waals surface area contributed by atoms with Gasteiger partial charge in [-0.15, -0.1) is 0 Å². The van der Waals surface area contributed by atoms with Gasteiger partial charge in [0.05, 0.1) is 0 Å². The van der Waals surface area contributed by atoms with Crippen LogP contribution in [-0.2, 0) is 14.3 Å². The second kappa shape index (κ2) is 11.1. The highest BCUT2D eigenvalue weighted by Crippen LogP contribution is 2.44. The number of alkyl carbamates (subject to hydrolysis) is 1. The zero-order chi connectivity index (χ0) is 24.7. The molecule has 0 aliphatic heterocycles. The number of carbonyl (C=O) groups is 3. The Hall–Kier alpha value is -3.49. The third kappa shape index (κ3) is 6.30. The molecule has 2 amide bonds. The molecule has 1 atom stereocenters. The number of amides is 2. The van der Waals surface area contributed by atoms with E-state index in [0.717, 1.165) is 22.3 Å². The number of aliphatic carboxylic acids is 1. The highest BCUT2D eigenvalue weighted by molar-refractivity contribution is 5.86. The molecule has 2 aromatic carbocycles. The average molecular weight is 475 g/mol. The molecule has 2 aromatic rings. The van der Waals surface area contributed by atoms with Gasteiger partial charge in [-0.1, -0.05) is 55.5 Å². The van der Waals surface area contributed by atoms with Crippen LogP contribution in [0.25, 0.3) is 11.1 Å². The minimum Gasteiger partial charge on any atom is -0.481 e. The number of nitrogens with one attached hydrogen (secondary N) is 2. The monoisotopic (exact) mass is 474 g/mol. The van der Waals surface area contributed by atoms with E-state index >= 15 is 0 Å². The Balaban J connectivity index is 1.61. The first-order valence-electron chi connectivity index (χ1n) is 11.2. The van der Waals surface area contributed by atoms with Gasteiger partial charge in [0.2, 0.25) is 11.8 Å². The number of carboxylic acid groups (broad SMARTS) is 1. The fourth-order valence-corrected chi connectivity index (χ4v) is 3.99. The molecule has 182 valence electrons. The summed E-state index contributed by atoms with van der Waals surface area (Å²) in [6.45, 7) is 1.07. The van der Waals surface area contributed by atoms with Crippen LogP contribution in [0, 0.1) is 0 Å². The van der Waals surface area contributed by atoms with E-state index in [1.54, 1.807) is 0 Å². The van der Waals surface area contributed by atoms with Crippen LogP contribution in [0.15, 0.2) is 48.5 Å². The maximum atomic E-state index is 13.4. The van der Waals surface area contributed by atoms with Crippen molar-refractivity contribution in [2.45, 2.75) is 50.5 Å². The maximum Gasteiger partial charge on any atom is 0.407 e. The summed E-state index contributed by atoms with van der Waals surface area (Å²) in [5.41, 5.74) is 4.17. The summed E-state index contributed by atoms with van der Waals surface area (Å²) >= 11 is 0. The molecule has 0 saturated carbocycles. The van der Waals surface area contributed by atoms with Crippen molar-refractivity contribution in [3.8, 4) is 11.1 Å². The number of hydrogen-bond donors (Lipinski definition) is 3. The van der Waals surface area contributed by atoms with Gasteiger partial charge in [0.15, 0.2) is 0 Å². The Bertz CT molecular complexity index is 998. The van der Waals surface area contributed by atoms with Gasteiger partial charge in [-0.05, 0) is 28.7 Å². The Morgan fingerprint density at radius 2 is 1.65 bits per heavy atom. The van der Waals surface area contributed by atoms with E-state index in [2.05, 4.69) is 10.6 Å². The van der Waals surface area contributed by atoms with Gasteiger partial charge in [-0.25, -0.2) is 13.6 Å². The van der Waals surface area contributed by atoms with E-state index in [1.165, 1.54) is 6.92 Å². The summed E-state index contributed by atoms with van der Waals surface area (Å²) in [5, 5.41) is 13.7. The average Bonchev–Trinajstić information content (AvgIpc) is 3.14. The van der Waals surface area contributed by atoms with E-state index in [-0.39, 0.29) is 38.3 Å². The predicted octanol–water partition coefficient (Wildman–Crippen LogP) is 4.31. The van der Waals surface area contributed by atoms with Crippen LogP contribution < -0.4 is 10.6 Å². The lowest BCUT2D eigenvalue weighted by atomic mass is 9.98. The van der Waals surface area contributed by atoms with Gasteiger partial charge in [-0.2, -0.15) is 0 Å². The van der Waals surface area contributed by atoms with E-state index in [1.807, 2.05) is 48.5 Å². The third-order valence-electron chi connectivity index (χ3n) is 5.91. The Kier molecular flexibility index (Phi) is 8.20. The number of carbonyl (C=O) groups excluding carboxylic acids is 2. The standard InChI is InChI=1S/C25H28F2N2O5/c1-2-25(26,27)13-14-28-23(32)21(11-12-22(30)31)29-24(33)34-15-20-18-9-5-3-7-16(18)17-8-4-6-10-19(17)20/h3-10,20-21H,2,11-15H2,1H3,(H,28,32)(H,29,33)(H,30,31). The zero-order valence-electron chi connectivity index (χ0n) is 18.9. The molecule has 1 unspecified atom stereocenters. The first-order valence-corrected chi connectivity index (χ1v) is 11.2. The molecule has 7 nitrogen and oxygen atoms in total. The quantitative estimate of drug-likeness (QED) is 0.450. The van der Waals surface area contributed by atoms with Crippen molar-refractivity contribution in [3.63, 3.8) is 0 Å². The number of alkyl halides is 2. The van der Waals surface area contributed by atoms with E-state index < -0.39 is 36.4 Å². The molecular weight excluding hydrogens is 446 g/mol. The second-order valence-corrected chi connectivity index (χ2v) is 8.21. The van der Waals surface area contributed by atoms with Crippen LogP contribution in [0.5, 0.6) is 0 Å². The normalized spacial score (nSPS) is 13.5. The fourth-order valence-electron chi connectivity index (χ4n) is 3.99. The summed E-state index contributed by atoms with van der Waals surface area (Å²) in [6.07, 6.45) is -2.37. The molecule has 3 rings (SSSR count). The first-order chi connectivity index (χ1) is 16.2. The molecule has 1 aliphatic rings. The summed E-state index contributed by atoms with van der Waals surface area (Å²) in [4.78, 5) is 35.9. The van der Waals surface area contributed by atoms with Gasteiger partial charge in [0.1, 0.15) is 12.6 Å². The van der Waals surface area contributed by atoms with Crippen molar-refractivity contribution >= 4 is 18.0 Å². The molecule has 0 radical (unpaired) electrons. The molecule has 9 heteroatoms. The van der Waals surface area contributed by atoms with Gasteiger partial charge in [0.25, 0.3) is 0 Å². The summed E-state index contributed by atoms with van der Waals surface area (Å²) in [6, 6.07) is 14.4. The number of carboxylic acids is 1. The van der Waals surface area contributed by atoms with Crippen LogP contribution in [0.4, 0.5) is 13.6 Å². The summed E-state index contributed by atoms with van der Waals surface area (Å²) in [7, 11) is 0. The molecule has 1 aliphatic carbocycles. The van der Waals surface area contributed by atoms with Crippen molar-refractivity contribution < 1.29 is 33.0 Å². The lowest BCUT2D eigenvalue weighted by Crippen LogP contribution is -2.48. The van der Waals surface area contributed by atoms with Crippen molar-refractivity contribution in [1.82, 2.24) is 10.6 Å². The first kappa shape index (κ1) is 25.1. The van der Waals surface area contributed by atoms with Crippen molar-refractivity contribution in [2.75, 3.05) is 13.2 Å². The smallest absolute Gasteiger partial charge is 0.407 e. The minimum absolute atomic E-state index is 0.0237. The molecular formula is C25H28F2N2O5. The number of fused-ring (bicyclic) bond motifs is 3. The summed E-state index contributed by atoms with van der Waals surface area (Å²) < 4.78 is 32.2. The fraction of sp³-hybridized carbons (Fsp3) is 0.400. The predicted molar refractivity (Wildman–Crippen MR) is 122 cm³/mol. The van der Waals surface area contributed by atoms with Crippen LogP contribution >= 0.6 is 0 Å².